The Bertz CT molecular complexity index is 436. The molecule has 0 saturated heterocycles. The van der Waals surface area contributed by atoms with Gasteiger partial charge in [0, 0.05) is 23.9 Å². The van der Waals surface area contributed by atoms with Crippen LogP contribution in [-0.2, 0) is 11.2 Å². The number of aliphatic hydroxyl groups is 1. The van der Waals surface area contributed by atoms with E-state index in [1.807, 2.05) is 24.3 Å². The van der Waals surface area contributed by atoms with Crippen molar-refractivity contribution in [1.82, 2.24) is 5.32 Å². The molecule has 1 amide bonds. The fourth-order valence-corrected chi connectivity index (χ4v) is 2.75. The Morgan fingerprint density at radius 3 is 2.95 bits per heavy atom. The first-order valence-corrected chi connectivity index (χ1v) is 7.22. The molecule has 0 heterocycles. The minimum Gasteiger partial charge on any atom is -0.393 e. The molecule has 0 radical (unpaired) electrons. The van der Waals surface area contributed by atoms with Gasteiger partial charge in [-0.05, 0) is 37.0 Å². The Hall–Kier alpha value is -1.06. The van der Waals surface area contributed by atoms with Gasteiger partial charge in [-0.25, -0.2) is 0 Å². The van der Waals surface area contributed by atoms with E-state index in [2.05, 4.69) is 5.32 Å². The van der Waals surface area contributed by atoms with E-state index in [1.54, 1.807) is 0 Å². The molecular weight excluding hydrogens is 262 g/mol. The van der Waals surface area contributed by atoms with Crippen molar-refractivity contribution in [3.05, 3.63) is 34.9 Å². The molecule has 0 aliphatic heterocycles. The normalized spacial score (nSPS) is 22.4. The lowest BCUT2D eigenvalue weighted by Crippen LogP contribution is -2.32. The molecule has 1 aliphatic carbocycles. The van der Waals surface area contributed by atoms with Crippen molar-refractivity contribution in [2.24, 2.45) is 5.92 Å². The Labute approximate surface area is 119 Å². The highest BCUT2D eigenvalue weighted by Crippen LogP contribution is 2.24. The number of benzene rings is 1. The predicted octanol–water partition coefficient (Wildman–Crippen LogP) is 2.55. The summed E-state index contributed by atoms with van der Waals surface area (Å²) < 4.78 is 0. The Morgan fingerprint density at radius 1 is 1.42 bits per heavy atom. The third-order valence-corrected chi connectivity index (χ3v) is 3.95. The van der Waals surface area contributed by atoms with Crippen molar-refractivity contribution in [2.45, 2.75) is 38.2 Å². The standard InChI is InChI=1S/C15H20ClNO2/c16-13-5-1-3-11(9-13)7-8-15(19)17-10-12-4-2-6-14(12)18/h1,3,5,9,12,14,18H,2,4,6-8,10H2,(H,17,19). The van der Waals surface area contributed by atoms with Crippen molar-refractivity contribution in [1.29, 1.82) is 0 Å². The second-order valence-electron chi connectivity index (χ2n) is 5.19. The summed E-state index contributed by atoms with van der Waals surface area (Å²) in [4.78, 5) is 11.7. The summed E-state index contributed by atoms with van der Waals surface area (Å²) in [5.41, 5.74) is 1.07. The van der Waals surface area contributed by atoms with E-state index in [-0.39, 0.29) is 17.9 Å². The maximum Gasteiger partial charge on any atom is 0.220 e. The van der Waals surface area contributed by atoms with Gasteiger partial charge in [0.15, 0.2) is 0 Å². The average Bonchev–Trinajstić information content (AvgIpc) is 2.80. The molecule has 2 rings (SSSR count). The topological polar surface area (TPSA) is 49.3 Å². The predicted molar refractivity (Wildman–Crippen MR) is 76.1 cm³/mol. The van der Waals surface area contributed by atoms with Crippen molar-refractivity contribution in [2.75, 3.05) is 6.54 Å². The van der Waals surface area contributed by atoms with Gasteiger partial charge in [-0.3, -0.25) is 4.79 Å². The van der Waals surface area contributed by atoms with Crippen LogP contribution in [0.25, 0.3) is 0 Å². The third kappa shape index (κ3) is 4.51. The number of carbonyl (C=O) groups excluding carboxylic acids is 1. The summed E-state index contributed by atoms with van der Waals surface area (Å²) in [6.07, 6.45) is 3.85. The second kappa shape index (κ2) is 6.92. The van der Waals surface area contributed by atoms with Crippen LogP contribution in [0.5, 0.6) is 0 Å². The highest BCUT2D eigenvalue weighted by atomic mass is 35.5. The third-order valence-electron chi connectivity index (χ3n) is 3.71. The Balaban J connectivity index is 1.70. The van der Waals surface area contributed by atoms with Gasteiger partial charge in [-0.1, -0.05) is 30.2 Å². The number of aryl methyl sites for hydroxylation is 1. The largest absolute Gasteiger partial charge is 0.393 e. The number of amides is 1. The summed E-state index contributed by atoms with van der Waals surface area (Å²) in [5.74, 6) is 0.272. The van der Waals surface area contributed by atoms with Gasteiger partial charge in [0.1, 0.15) is 0 Å². The first-order valence-electron chi connectivity index (χ1n) is 6.84. The van der Waals surface area contributed by atoms with E-state index in [4.69, 9.17) is 11.6 Å². The molecule has 1 aromatic carbocycles. The molecule has 4 heteroatoms. The van der Waals surface area contributed by atoms with Gasteiger partial charge in [0.05, 0.1) is 6.10 Å². The van der Waals surface area contributed by atoms with Crippen LogP contribution < -0.4 is 5.32 Å². The van der Waals surface area contributed by atoms with E-state index < -0.39 is 0 Å². The van der Waals surface area contributed by atoms with Crippen LogP contribution in [0.2, 0.25) is 5.02 Å². The molecule has 0 aromatic heterocycles. The number of hydrogen-bond acceptors (Lipinski definition) is 2. The van der Waals surface area contributed by atoms with Crippen molar-refractivity contribution in [3.63, 3.8) is 0 Å². The second-order valence-corrected chi connectivity index (χ2v) is 5.63. The summed E-state index contributed by atoms with van der Waals surface area (Å²) in [5, 5.41) is 13.3. The molecule has 19 heavy (non-hydrogen) atoms. The molecule has 1 aromatic rings. The minimum atomic E-state index is -0.242. The van der Waals surface area contributed by atoms with Crippen LogP contribution in [0.1, 0.15) is 31.2 Å². The Kier molecular flexibility index (Phi) is 5.23. The van der Waals surface area contributed by atoms with E-state index in [0.29, 0.717) is 24.4 Å². The van der Waals surface area contributed by atoms with Crippen molar-refractivity contribution in [3.8, 4) is 0 Å². The van der Waals surface area contributed by atoms with Crippen LogP contribution in [0.4, 0.5) is 0 Å². The van der Waals surface area contributed by atoms with Crippen LogP contribution >= 0.6 is 11.6 Å². The molecule has 3 nitrogen and oxygen atoms in total. The van der Waals surface area contributed by atoms with Crippen LogP contribution in [-0.4, -0.2) is 23.7 Å². The summed E-state index contributed by atoms with van der Waals surface area (Å²) in [7, 11) is 0. The number of halogens is 1. The maximum absolute atomic E-state index is 11.7. The molecule has 0 bridgehead atoms. The zero-order valence-corrected chi connectivity index (χ0v) is 11.7. The van der Waals surface area contributed by atoms with Gasteiger partial charge >= 0.3 is 0 Å². The fourth-order valence-electron chi connectivity index (χ4n) is 2.54. The van der Waals surface area contributed by atoms with E-state index in [1.165, 1.54) is 0 Å². The molecule has 1 fully saturated rings. The quantitative estimate of drug-likeness (QED) is 0.871. The fraction of sp³-hybridized carbons (Fsp3) is 0.533. The van der Waals surface area contributed by atoms with E-state index in [9.17, 15) is 9.90 Å². The lowest BCUT2D eigenvalue weighted by Gasteiger charge is -2.15. The van der Waals surface area contributed by atoms with E-state index in [0.717, 1.165) is 24.8 Å². The number of nitrogens with one attached hydrogen (secondary N) is 1. The van der Waals surface area contributed by atoms with Crippen molar-refractivity contribution < 1.29 is 9.90 Å². The van der Waals surface area contributed by atoms with Crippen molar-refractivity contribution >= 4 is 17.5 Å². The van der Waals surface area contributed by atoms with E-state index >= 15 is 0 Å². The van der Waals surface area contributed by atoms with Crippen LogP contribution in [0.3, 0.4) is 0 Å². The smallest absolute Gasteiger partial charge is 0.220 e. The highest BCUT2D eigenvalue weighted by Gasteiger charge is 2.25. The molecule has 1 saturated carbocycles. The SMILES string of the molecule is O=C(CCc1cccc(Cl)c1)NCC1CCCC1O. The summed E-state index contributed by atoms with van der Waals surface area (Å²) >= 11 is 5.90. The molecule has 104 valence electrons. The first-order chi connectivity index (χ1) is 9.15. The number of carbonyl (C=O) groups is 1. The molecule has 2 N–H and O–H groups in total. The van der Waals surface area contributed by atoms with Gasteiger partial charge in [-0.2, -0.15) is 0 Å². The molecule has 2 atom stereocenters. The molecular formula is C15H20ClNO2. The molecule has 1 aliphatic rings. The number of hydrogen-bond donors (Lipinski definition) is 2. The zero-order valence-electron chi connectivity index (χ0n) is 10.9. The molecule has 2 unspecified atom stereocenters. The number of aliphatic hydroxyl groups excluding tert-OH is 1. The van der Waals surface area contributed by atoms with Crippen LogP contribution in [0, 0.1) is 5.92 Å². The average molecular weight is 282 g/mol. The minimum absolute atomic E-state index is 0.0408. The van der Waals surface area contributed by atoms with Gasteiger partial charge in [0.25, 0.3) is 0 Å². The summed E-state index contributed by atoms with van der Waals surface area (Å²) in [6.45, 7) is 0.593. The molecule has 0 spiro atoms. The van der Waals surface area contributed by atoms with Gasteiger partial charge in [0.2, 0.25) is 5.91 Å². The lowest BCUT2D eigenvalue weighted by atomic mass is 10.1. The number of rotatable bonds is 5. The van der Waals surface area contributed by atoms with Gasteiger partial charge in [-0.15, -0.1) is 0 Å². The van der Waals surface area contributed by atoms with Gasteiger partial charge < -0.3 is 10.4 Å². The monoisotopic (exact) mass is 281 g/mol. The summed E-state index contributed by atoms with van der Waals surface area (Å²) in [6, 6.07) is 7.58. The Morgan fingerprint density at radius 2 is 2.26 bits per heavy atom. The highest BCUT2D eigenvalue weighted by molar-refractivity contribution is 6.30. The van der Waals surface area contributed by atoms with Crippen LogP contribution in [0.15, 0.2) is 24.3 Å². The first kappa shape index (κ1) is 14.4. The maximum atomic E-state index is 11.7. The lowest BCUT2D eigenvalue weighted by molar-refractivity contribution is -0.121. The zero-order chi connectivity index (χ0) is 13.7.